The first-order chi connectivity index (χ1) is 11.5. The normalized spacial score (nSPS) is 10.4. The van der Waals surface area contributed by atoms with E-state index >= 15 is 0 Å². The highest BCUT2D eigenvalue weighted by molar-refractivity contribution is 5.98. The van der Waals surface area contributed by atoms with Gasteiger partial charge in [-0.3, -0.25) is 30.6 Å². The van der Waals surface area contributed by atoms with E-state index in [1.807, 2.05) is 13.0 Å². The Kier molecular flexibility index (Phi) is 5.40. The fourth-order valence-corrected chi connectivity index (χ4v) is 1.93. The lowest BCUT2D eigenvalue weighted by atomic mass is 10.1. The number of amides is 2. The first kappa shape index (κ1) is 16.9. The number of hydrazine groups is 1. The monoisotopic (exact) mass is 325 g/mol. The van der Waals surface area contributed by atoms with Crippen molar-refractivity contribution in [2.45, 2.75) is 6.92 Å². The molecule has 2 amide bonds. The van der Waals surface area contributed by atoms with Gasteiger partial charge in [-0.25, -0.2) is 0 Å². The third-order valence-electron chi connectivity index (χ3n) is 3.09. The zero-order chi connectivity index (χ0) is 17.5. The molecule has 0 radical (unpaired) electrons. The quantitative estimate of drug-likeness (QED) is 0.512. The zero-order valence-corrected chi connectivity index (χ0v) is 12.9. The average Bonchev–Trinajstić information content (AvgIpc) is 2.58. The number of aryl methyl sites for hydroxylation is 1. The maximum absolute atomic E-state index is 11.9. The molecule has 0 unspecified atom stereocenters. The molecule has 0 aliphatic rings. The van der Waals surface area contributed by atoms with Gasteiger partial charge in [0, 0.05) is 23.8 Å². The van der Waals surface area contributed by atoms with Gasteiger partial charge in [-0.15, -0.1) is 0 Å². The topological polar surface area (TPSA) is 101 Å². The van der Waals surface area contributed by atoms with Crippen molar-refractivity contribution in [3.05, 3.63) is 81.4 Å². The Hall–Kier alpha value is -3.48. The van der Waals surface area contributed by atoms with Crippen molar-refractivity contribution >= 4 is 23.6 Å². The summed E-state index contributed by atoms with van der Waals surface area (Å²) in [6.45, 7) is 1.86. The van der Waals surface area contributed by atoms with Gasteiger partial charge in [0.15, 0.2) is 0 Å². The van der Waals surface area contributed by atoms with Crippen LogP contribution in [0.3, 0.4) is 0 Å². The second-order valence-electron chi connectivity index (χ2n) is 5.00. The molecule has 7 heteroatoms. The van der Waals surface area contributed by atoms with Crippen LogP contribution in [-0.4, -0.2) is 16.7 Å². The van der Waals surface area contributed by atoms with Gasteiger partial charge in [0.1, 0.15) is 0 Å². The Labute approximate surface area is 138 Å². The van der Waals surface area contributed by atoms with Crippen LogP contribution in [0.15, 0.2) is 54.6 Å². The molecular formula is C17H15N3O4. The number of carbonyl (C=O) groups is 2. The van der Waals surface area contributed by atoms with Crippen LogP contribution in [0.5, 0.6) is 0 Å². The summed E-state index contributed by atoms with van der Waals surface area (Å²) in [7, 11) is 0. The third kappa shape index (κ3) is 4.77. The molecule has 24 heavy (non-hydrogen) atoms. The van der Waals surface area contributed by atoms with Gasteiger partial charge >= 0.3 is 0 Å². The van der Waals surface area contributed by atoms with Crippen molar-refractivity contribution in [1.29, 1.82) is 0 Å². The Balaban J connectivity index is 1.92. The molecular weight excluding hydrogens is 310 g/mol. The van der Waals surface area contributed by atoms with E-state index in [1.165, 1.54) is 30.4 Å². The number of rotatable bonds is 4. The number of non-ortho nitro benzene ring substituents is 1. The SMILES string of the molecule is Cc1cccc(C(=O)NNC(=O)C=Cc2cccc([N+](=O)[O-])c2)c1. The molecule has 2 aromatic rings. The Morgan fingerprint density at radius 2 is 1.83 bits per heavy atom. The van der Waals surface area contributed by atoms with Crippen molar-refractivity contribution in [3.63, 3.8) is 0 Å². The average molecular weight is 325 g/mol. The molecule has 122 valence electrons. The van der Waals surface area contributed by atoms with Gasteiger partial charge in [0.25, 0.3) is 17.5 Å². The van der Waals surface area contributed by atoms with Crippen LogP contribution in [-0.2, 0) is 4.79 Å². The van der Waals surface area contributed by atoms with Crippen molar-refractivity contribution in [1.82, 2.24) is 10.9 Å². The summed E-state index contributed by atoms with van der Waals surface area (Å²) in [6, 6.07) is 12.8. The van der Waals surface area contributed by atoms with Crippen molar-refractivity contribution in [3.8, 4) is 0 Å². The molecule has 0 aromatic heterocycles. The largest absolute Gasteiger partial charge is 0.270 e. The van der Waals surface area contributed by atoms with Gasteiger partial charge in [-0.05, 0) is 30.7 Å². The van der Waals surface area contributed by atoms with Crippen LogP contribution in [0, 0.1) is 17.0 Å². The zero-order valence-electron chi connectivity index (χ0n) is 12.9. The summed E-state index contributed by atoms with van der Waals surface area (Å²) in [5.74, 6) is -0.988. The van der Waals surface area contributed by atoms with E-state index in [1.54, 1.807) is 24.3 Å². The molecule has 2 N–H and O–H groups in total. The molecule has 0 aliphatic heterocycles. The summed E-state index contributed by atoms with van der Waals surface area (Å²) in [6.07, 6.45) is 2.59. The number of hydrogen-bond acceptors (Lipinski definition) is 4. The second-order valence-corrected chi connectivity index (χ2v) is 5.00. The Bertz CT molecular complexity index is 815. The van der Waals surface area contributed by atoms with Crippen molar-refractivity contribution in [2.24, 2.45) is 0 Å². The van der Waals surface area contributed by atoms with E-state index in [0.717, 1.165) is 5.56 Å². The molecule has 2 aromatic carbocycles. The fourth-order valence-electron chi connectivity index (χ4n) is 1.93. The minimum Gasteiger partial charge on any atom is -0.268 e. The van der Waals surface area contributed by atoms with Crippen LogP contribution in [0.1, 0.15) is 21.5 Å². The molecule has 7 nitrogen and oxygen atoms in total. The Morgan fingerprint density at radius 3 is 2.54 bits per heavy atom. The van der Waals surface area contributed by atoms with Crippen LogP contribution in [0.25, 0.3) is 6.08 Å². The maximum atomic E-state index is 11.9. The Morgan fingerprint density at radius 1 is 1.08 bits per heavy atom. The molecule has 0 saturated carbocycles. The summed E-state index contributed by atoms with van der Waals surface area (Å²) in [5.41, 5.74) is 6.34. The molecule has 0 fully saturated rings. The number of carbonyl (C=O) groups excluding carboxylic acids is 2. The highest BCUT2D eigenvalue weighted by Crippen LogP contribution is 2.13. The molecule has 0 saturated heterocycles. The lowest BCUT2D eigenvalue weighted by Gasteiger charge is -2.05. The molecule has 0 atom stereocenters. The van der Waals surface area contributed by atoms with E-state index in [0.29, 0.717) is 11.1 Å². The summed E-state index contributed by atoms with van der Waals surface area (Å²) in [4.78, 5) is 33.7. The number of nitrogens with zero attached hydrogens (tertiary/aromatic N) is 1. The van der Waals surface area contributed by atoms with Crippen LogP contribution >= 0.6 is 0 Å². The van der Waals surface area contributed by atoms with Crippen LogP contribution in [0.4, 0.5) is 5.69 Å². The highest BCUT2D eigenvalue weighted by atomic mass is 16.6. The van der Waals surface area contributed by atoms with Gasteiger partial charge in [0.2, 0.25) is 0 Å². The standard InChI is InChI=1S/C17H15N3O4/c1-12-4-2-6-14(10-12)17(22)19-18-16(21)9-8-13-5-3-7-15(11-13)20(23)24/h2-11H,1H3,(H,18,21)(H,19,22). The van der Waals surface area contributed by atoms with Crippen LogP contribution in [0.2, 0.25) is 0 Å². The van der Waals surface area contributed by atoms with E-state index in [-0.39, 0.29) is 5.69 Å². The number of nitro groups is 1. The van der Waals surface area contributed by atoms with E-state index in [9.17, 15) is 19.7 Å². The number of nitrogens with one attached hydrogen (secondary N) is 2. The minimum absolute atomic E-state index is 0.0645. The highest BCUT2D eigenvalue weighted by Gasteiger charge is 2.06. The number of hydrogen-bond donors (Lipinski definition) is 2. The molecule has 0 aliphatic carbocycles. The first-order valence-electron chi connectivity index (χ1n) is 7.05. The molecule has 0 spiro atoms. The van der Waals surface area contributed by atoms with E-state index in [4.69, 9.17) is 0 Å². The van der Waals surface area contributed by atoms with E-state index in [2.05, 4.69) is 10.9 Å². The van der Waals surface area contributed by atoms with Crippen molar-refractivity contribution < 1.29 is 14.5 Å². The lowest BCUT2D eigenvalue weighted by molar-refractivity contribution is -0.384. The van der Waals surface area contributed by atoms with Crippen molar-refractivity contribution in [2.75, 3.05) is 0 Å². The minimum atomic E-state index is -0.553. The molecule has 0 bridgehead atoms. The van der Waals surface area contributed by atoms with Crippen LogP contribution < -0.4 is 10.9 Å². The number of benzene rings is 2. The van der Waals surface area contributed by atoms with Gasteiger partial charge in [-0.2, -0.15) is 0 Å². The number of nitro benzene ring substituents is 1. The molecule has 0 heterocycles. The third-order valence-corrected chi connectivity index (χ3v) is 3.09. The lowest BCUT2D eigenvalue weighted by Crippen LogP contribution is -2.40. The first-order valence-corrected chi connectivity index (χ1v) is 7.05. The predicted molar refractivity (Wildman–Crippen MR) is 88.9 cm³/mol. The summed E-state index contributed by atoms with van der Waals surface area (Å²) < 4.78 is 0. The molecule has 2 rings (SSSR count). The fraction of sp³-hybridized carbons (Fsp3) is 0.0588. The summed E-state index contributed by atoms with van der Waals surface area (Å²) in [5, 5.41) is 10.7. The smallest absolute Gasteiger partial charge is 0.268 e. The van der Waals surface area contributed by atoms with Gasteiger partial charge in [-0.1, -0.05) is 29.8 Å². The summed E-state index contributed by atoms with van der Waals surface area (Å²) >= 11 is 0. The maximum Gasteiger partial charge on any atom is 0.270 e. The second kappa shape index (κ2) is 7.68. The predicted octanol–water partition coefficient (Wildman–Crippen LogP) is 2.38. The van der Waals surface area contributed by atoms with E-state index < -0.39 is 16.7 Å². The van der Waals surface area contributed by atoms with Gasteiger partial charge < -0.3 is 0 Å². The van der Waals surface area contributed by atoms with Gasteiger partial charge in [0.05, 0.1) is 4.92 Å².